The summed E-state index contributed by atoms with van der Waals surface area (Å²) in [6.07, 6.45) is -4.41. The first-order chi connectivity index (χ1) is 12.2. The molecule has 11 heteroatoms. The third-order valence-electron chi connectivity index (χ3n) is 3.68. The van der Waals surface area contributed by atoms with E-state index in [9.17, 15) is 13.2 Å². The maximum absolute atomic E-state index is 12.6. The average molecular weight is 516 g/mol. The molecule has 27 heavy (non-hydrogen) atoms. The zero-order chi connectivity index (χ0) is 19.3. The number of rotatable bonds is 6. The SMILES string of the molecule is CN=C(NCc1nc(C(F)(F)F)cs1)NCC(C)Cn1nc(C)cc1C.I. The van der Waals surface area contributed by atoms with Crippen LogP contribution in [0.2, 0.25) is 0 Å². The first kappa shape index (κ1) is 23.7. The molecule has 0 saturated carbocycles. The molecule has 152 valence electrons. The molecule has 1 atom stereocenters. The van der Waals surface area contributed by atoms with Crippen molar-refractivity contribution in [3.8, 4) is 0 Å². The predicted octanol–water partition coefficient (Wildman–Crippen LogP) is 3.59. The van der Waals surface area contributed by atoms with Crippen LogP contribution in [-0.2, 0) is 19.3 Å². The van der Waals surface area contributed by atoms with Crippen molar-refractivity contribution in [2.75, 3.05) is 13.6 Å². The van der Waals surface area contributed by atoms with Gasteiger partial charge in [0.1, 0.15) is 5.01 Å². The minimum Gasteiger partial charge on any atom is -0.356 e. The van der Waals surface area contributed by atoms with Crippen LogP contribution >= 0.6 is 35.3 Å². The number of hydrogen-bond acceptors (Lipinski definition) is 4. The van der Waals surface area contributed by atoms with Gasteiger partial charge >= 0.3 is 6.18 Å². The summed E-state index contributed by atoms with van der Waals surface area (Å²) in [6, 6.07) is 2.03. The number of nitrogens with zero attached hydrogens (tertiary/aromatic N) is 4. The van der Waals surface area contributed by atoms with Gasteiger partial charge in [-0.05, 0) is 25.8 Å². The fourth-order valence-corrected chi connectivity index (χ4v) is 3.13. The minimum absolute atomic E-state index is 0. The van der Waals surface area contributed by atoms with Crippen molar-refractivity contribution in [1.29, 1.82) is 0 Å². The number of nitrogens with one attached hydrogen (secondary N) is 2. The molecule has 2 aromatic heterocycles. The maximum atomic E-state index is 12.6. The van der Waals surface area contributed by atoms with Crippen LogP contribution in [0.3, 0.4) is 0 Å². The molecule has 2 aromatic rings. The van der Waals surface area contributed by atoms with E-state index >= 15 is 0 Å². The van der Waals surface area contributed by atoms with E-state index in [1.165, 1.54) is 0 Å². The summed E-state index contributed by atoms with van der Waals surface area (Å²) in [7, 11) is 1.62. The number of thiazole rings is 1. The summed E-state index contributed by atoms with van der Waals surface area (Å²) in [6.45, 7) is 7.68. The highest BCUT2D eigenvalue weighted by molar-refractivity contribution is 14.0. The summed E-state index contributed by atoms with van der Waals surface area (Å²) < 4.78 is 39.7. The number of guanidine groups is 1. The molecule has 2 N–H and O–H groups in total. The summed E-state index contributed by atoms with van der Waals surface area (Å²) in [4.78, 5) is 7.67. The van der Waals surface area contributed by atoms with E-state index in [-0.39, 0.29) is 30.5 Å². The zero-order valence-corrected chi connectivity index (χ0v) is 18.7. The maximum Gasteiger partial charge on any atom is 0.434 e. The lowest BCUT2D eigenvalue weighted by atomic mass is 10.2. The third-order valence-corrected chi connectivity index (χ3v) is 4.53. The van der Waals surface area contributed by atoms with Gasteiger partial charge in [0.2, 0.25) is 0 Å². The van der Waals surface area contributed by atoms with Crippen LogP contribution in [0.4, 0.5) is 13.2 Å². The van der Waals surface area contributed by atoms with Gasteiger partial charge in [0.05, 0.1) is 12.2 Å². The van der Waals surface area contributed by atoms with Crippen LogP contribution in [0.1, 0.15) is 29.0 Å². The van der Waals surface area contributed by atoms with Crippen molar-refractivity contribution in [2.24, 2.45) is 10.9 Å². The van der Waals surface area contributed by atoms with Gasteiger partial charge < -0.3 is 10.6 Å². The lowest BCUT2D eigenvalue weighted by Gasteiger charge is -2.16. The van der Waals surface area contributed by atoms with Gasteiger partial charge in [0.25, 0.3) is 0 Å². The van der Waals surface area contributed by atoms with Gasteiger partial charge in [0, 0.05) is 31.2 Å². The first-order valence-corrected chi connectivity index (χ1v) is 9.04. The largest absolute Gasteiger partial charge is 0.434 e. The van der Waals surface area contributed by atoms with Crippen molar-refractivity contribution in [1.82, 2.24) is 25.4 Å². The van der Waals surface area contributed by atoms with E-state index in [0.717, 1.165) is 34.6 Å². The second kappa shape index (κ2) is 10.2. The highest BCUT2D eigenvalue weighted by Crippen LogP contribution is 2.29. The molecule has 0 aliphatic heterocycles. The Hall–Kier alpha value is -1.37. The summed E-state index contributed by atoms with van der Waals surface area (Å²) >= 11 is 0.971. The number of aromatic nitrogens is 3. The molecule has 2 rings (SSSR count). The smallest absolute Gasteiger partial charge is 0.356 e. The van der Waals surface area contributed by atoms with E-state index < -0.39 is 11.9 Å². The second-order valence-electron chi connectivity index (χ2n) is 6.15. The highest BCUT2D eigenvalue weighted by atomic mass is 127. The Kier molecular flexibility index (Phi) is 8.99. The van der Waals surface area contributed by atoms with Crippen molar-refractivity contribution in [3.05, 3.63) is 33.5 Å². The molecular weight excluding hydrogens is 492 g/mol. The van der Waals surface area contributed by atoms with Crippen molar-refractivity contribution < 1.29 is 13.2 Å². The van der Waals surface area contributed by atoms with Gasteiger partial charge in [-0.15, -0.1) is 35.3 Å². The molecule has 1 unspecified atom stereocenters. The van der Waals surface area contributed by atoms with Gasteiger partial charge in [-0.1, -0.05) is 6.92 Å². The van der Waals surface area contributed by atoms with Crippen molar-refractivity contribution >= 4 is 41.3 Å². The van der Waals surface area contributed by atoms with Gasteiger partial charge in [-0.2, -0.15) is 18.3 Å². The van der Waals surface area contributed by atoms with E-state index in [1.54, 1.807) is 7.05 Å². The number of hydrogen-bond donors (Lipinski definition) is 2. The van der Waals surface area contributed by atoms with Crippen LogP contribution in [-0.4, -0.2) is 34.3 Å². The monoisotopic (exact) mass is 516 g/mol. The number of alkyl halides is 3. The Morgan fingerprint density at radius 2 is 2.04 bits per heavy atom. The molecule has 0 aliphatic rings. The van der Waals surface area contributed by atoms with E-state index in [4.69, 9.17) is 0 Å². The van der Waals surface area contributed by atoms with Crippen LogP contribution < -0.4 is 10.6 Å². The normalized spacial score (nSPS) is 13.2. The number of aliphatic imine (C=N–C) groups is 1. The van der Waals surface area contributed by atoms with Gasteiger partial charge in [-0.25, -0.2) is 4.98 Å². The van der Waals surface area contributed by atoms with Gasteiger partial charge in [-0.3, -0.25) is 9.67 Å². The Balaban J connectivity index is 0.00000364. The minimum atomic E-state index is -4.41. The highest BCUT2D eigenvalue weighted by Gasteiger charge is 2.33. The Morgan fingerprint density at radius 1 is 1.33 bits per heavy atom. The second-order valence-corrected chi connectivity index (χ2v) is 7.09. The molecule has 2 heterocycles. The molecule has 0 spiro atoms. The zero-order valence-electron chi connectivity index (χ0n) is 15.6. The Morgan fingerprint density at radius 3 is 2.56 bits per heavy atom. The van der Waals surface area contributed by atoms with Crippen LogP contribution in [0.15, 0.2) is 16.4 Å². The van der Waals surface area contributed by atoms with E-state index in [0.29, 0.717) is 23.4 Å². The molecule has 0 aliphatic carbocycles. The molecule has 0 aromatic carbocycles. The molecule has 0 saturated heterocycles. The van der Waals surface area contributed by atoms with Crippen molar-refractivity contribution in [3.63, 3.8) is 0 Å². The summed E-state index contributed by atoms with van der Waals surface area (Å²) in [5.74, 6) is 0.817. The molecule has 0 fully saturated rings. The standard InChI is InChI=1S/C16H23F3N6S.HI/c1-10(8-25-12(3)5-11(2)24-25)6-21-15(20-4)22-7-14-23-13(9-26-14)16(17,18)19;/h5,9-10H,6-8H2,1-4H3,(H2,20,21,22);1H. The quantitative estimate of drug-likeness (QED) is 0.350. The Bertz CT molecular complexity index is 756. The molecule has 0 radical (unpaired) electrons. The molecule has 0 bridgehead atoms. The summed E-state index contributed by atoms with van der Waals surface area (Å²) in [5, 5.41) is 12.0. The third kappa shape index (κ3) is 7.28. The Labute approximate surface area is 177 Å². The van der Waals surface area contributed by atoms with E-state index in [2.05, 4.69) is 32.6 Å². The molecule has 0 amide bonds. The van der Waals surface area contributed by atoms with Crippen LogP contribution in [0, 0.1) is 19.8 Å². The number of aryl methyl sites for hydroxylation is 2. The van der Waals surface area contributed by atoms with Crippen LogP contribution in [0.5, 0.6) is 0 Å². The predicted molar refractivity (Wildman–Crippen MR) is 112 cm³/mol. The summed E-state index contributed by atoms with van der Waals surface area (Å²) in [5.41, 5.74) is 1.24. The first-order valence-electron chi connectivity index (χ1n) is 8.16. The topological polar surface area (TPSA) is 67.1 Å². The molecule has 6 nitrogen and oxygen atoms in total. The van der Waals surface area contributed by atoms with Crippen molar-refractivity contribution in [2.45, 2.75) is 40.0 Å². The fraction of sp³-hybridized carbons (Fsp3) is 0.562. The fourth-order valence-electron chi connectivity index (χ4n) is 2.39. The van der Waals surface area contributed by atoms with E-state index in [1.807, 2.05) is 24.6 Å². The average Bonchev–Trinajstić information content (AvgIpc) is 3.14. The lowest BCUT2D eigenvalue weighted by molar-refractivity contribution is -0.140. The number of halogens is 4. The lowest BCUT2D eigenvalue weighted by Crippen LogP contribution is -2.39. The molecular formula is C16H24F3IN6S. The van der Waals surface area contributed by atoms with Crippen LogP contribution in [0.25, 0.3) is 0 Å². The van der Waals surface area contributed by atoms with Gasteiger partial charge in [0.15, 0.2) is 11.7 Å².